The molecule has 24 heavy (non-hydrogen) atoms. The Labute approximate surface area is 143 Å². The number of Topliss-reactive ketones (excluding diaryl/α,β-unsaturated/α-hetero) is 1. The fraction of sp³-hybridized carbons (Fsp3) is 0.353. The smallest absolute Gasteiger partial charge is 0.348 e. The molecule has 1 saturated heterocycles. The van der Waals surface area contributed by atoms with Crippen molar-refractivity contribution < 1.29 is 19.1 Å². The van der Waals surface area contributed by atoms with Gasteiger partial charge in [-0.1, -0.05) is 0 Å². The zero-order valence-electron chi connectivity index (χ0n) is 13.3. The average molecular weight is 346 g/mol. The van der Waals surface area contributed by atoms with Crippen LogP contribution in [0.4, 0.5) is 0 Å². The normalized spacial score (nSPS) is 14.0. The van der Waals surface area contributed by atoms with E-state index in [1.807, 2.05) is 13.0 Å². The minimum atomic E-state index is -0.509. The summed E-state index contributed by atoms with van der Waals surface area (Å²) >= 11 is 1.32. The molecule has 1 N–H and O–H groups in total. The maximum absolute atomic E-state index is 12.2. The zero-order valence-corrected chi connectivity index (χ0v) is 14.1. The number of amides is 1. The number of thiophene rings is 1. The Hall–Kier alpha value is -2.41. The lowest BCUT2D eigenvalue weighted by Crippen LogP contribution is -2.27. The highest BCUT2D eigenvalue weighted by molar-refractivity contribution is 7.13. The van der Waals surface area contributed by atoms with Crippen LogP contribution >= 0.6 is 11.3 Å². The second-order valence-corrected chi connectivity index (χ2v) is 7.00. The van der Waals surface area contributed by atoms with E-state index in [1.165, 1.54) is 23.6 Å². The van der Waals surface area contributed by atoms with Crippen molar-refractivity contribution in [2.75, 3.05) is 19.7 Å². The molecule has 126 valence electrons. The summed E-state index contributed by atoms with van der Waals surface area (Å²) in [5.41, 5.74) is 0.730. The van der Waals surface area contributed by atoms with E-state index in [4.69, 9.17) is 4.74 Å². The molecule has 0 bridgehead atoms. The number of nitrogens with one attached hydrogen (secondary N) is 1. The van der Waals surface area contributed by atoms with E-state index in [0.717, 1.165) is 30.8 Å². The Balaban J connectivity index is 1.57. The van der Waals surface area contributed by atoms with Crippen molar-refractivity contribution in [2.24, 2.45) is 0 Å². The van der Waals surface area contributed by atoms with Crippen molar-refractivity contribution >= 4 is 29.0 Å². The van der Waals surface area contributed by atoms with Crippen LogP contribution in [0.3, 0.4) is 0 Å². The van der Waals surface area contributed by atoms with Crippen LogP contribution in [0.2, 0.25) is 0 Å². The molecule has 0 unspecified atom stereocenters. The molecular formula is C17H18N2O4S. The quantitative estimate of drug-likeness (QED) is 0.667. The number of likely N-dealkylation sites (tertiary alicyclic amines) is 1. The highest BCUT2D eigenvalue weighted by Gasteiger charge is 2.22. The molecule has 0 atom stereocenters. The van der Waals surface area contributed by atoms with Gasteiger partial charge >= 0.3 is 5.97 Å². The zero-order chi connectivity index (χ0) is 17.1. The van der Waals surface area contributed by atoms with Crippen molar-refractivity contribution in [3.8, 4) is 0 Å². The molecule has 3 heterocycles. The van der Waals surface area contributed by atoms with E-state index in [-0.39, 0.29) is 18.3 Å². The number of carbonyl (C=O) groups is 3. The van der Waals surface area contributed by atoms with Crippen LogP contribution < -0.4 is 0 Å². The summed E-state index contributed by atoms with van der Waals surface area (Å²) in [5.74, 6) is -0.948. The van der Waals surface area contributed by atoms with Crippen LogP contribution in [0.15, 0.2) is 24.4 Å². The number of rotatable bonds is 5. The first-order valence-corrected chi connectivity index (χ1v) is 8.60. The van der Waals surface area contributed by atoms with Gasteiger partial charge < -0.3 is 14.6 Å². The van der Waals surface area contributed by atoms with Gasteiger partial charge in [-0.05, 0) is 38.0 Å². The Morgan fingerprint density at radius 1 is 1.25 bits per heavy atom. The molecule has 7 heteroatoms. The predicted octanol–water partition coefficient (Wildman–Crippen LogP) is 2.66. The van der Waals surface area contributed by atoms with Crippen LogP contribution in [0.1, 0.15) is 48.2 Å². The van der Waals surface area contributed by atoms with Crippen molar-refractivity contribution in [3.05, 3.63) is 45.4 Å². The molecule has 0 saturated carbocycles. The number of aromatic amines is 1. The summed E-state index contributed by atoms with van der Waals surface area (Å²) in [4.78, 5) is 42.3. The second-order valence-electron chi connectivity index (χ2n) is 5.71. The van der Waals surface area contributed by atoms with E-state index in [1.54, 1.807) is 11.0 Å². The molecule has 2 aromatic rings. The molecule has 2 aromatic heterocycles. The highest BCUT2D eigenvalue weighted by atomic mass is 32.1. The van der Waals surface area contributed by atoms with Gasteiger partial charge in [0, 0.05) is 29.7 Å². The number of aromatic nitrogens is 1. The molecule has 1 fully saturated rings. The van der Waals surface area contributed by atoms with Gasteiger partial charge in [0.1, 0.15) is 10.6 Å². The molecule has 6 nitrogen and oxygen atoms in total. The highest BCUT2D eigenvalue weighted by Crippen LogP contribution is 2.17. The maximum Gasteiger partial charge on any atom is 0.348 e. The number of ether oxygens (including phenoxy) is 1. The standard InChI is InChI=1S/C17H18N2O4S/c1-11-4-5-15(24-11)17(22)23-10-14(20)12-8-13(18-9-12)16(21)19-6-2-3-7-19/h4-5,8-9,18H,2-3,6-7,10H2,1H3. The van der Waals surface area contributed by atoms with Gasteiger partial charge in [-0.2, -0.15) is 0 Å². The van der Waals surface area contributed by atoms with Crippen molar-refractivity contribution in [1.29, 1.82) is 0 Å². The molecule has 0 aromatic carbocycles. The number of esters is 1. The minimum Gasteiger partial charge on any atom is -0.453 e. The lowest BCUT2D eigenvalue weighted by molar-refractivity contribution is 0.0479. The first-order valence-electron chi connectivity index (χ1n) is 7.79. The SMILES string of the molecule is Cc1ccc(C(=O)OCC(=O)c2c[nH]c(C(=O)N3CCCC3)c2)s1. The first kappa shape index (κ1) is 16.4. The Morgan fingerprint density at radius 3 is 2.67 bits per heavy atom. The summed E-state index contributed by atoms with van der Waals surface area (Å²) in [6.45, 7) is 3.05. The van der Waals surface area contributed by atoms with Crippen LogP contribution in [-0.2, 0) is 4.74 Å². The summed E-state index contributed by atoms with van der Waals surface area (Å²) in [5, 5.41) is 0. The summed E-state index contributed by atoms with van der Waals surface area (Å²) < 4.78 is 5.04. The van der Waals surface area contributed by atoms with Gasteiger partial charge in [0.15, 0.2) is 6.61 Å². The molecule has 0 radical (unpaired) electrons. The van der Waals surface area contributed by atoms with Crippen LogP contribution in [0.25, 0.3) is 0 Å². The van der Waals surface area contributed by atoms with E-state index < -0.39 is 5.97 Å². The molecule has 0 aliphatic carbocycles. The van der Waals surface area contributed by atoms with Crippen LogP contribution in [-0.4, -0.2) is 47.2 Å². The number of H-pyrrole nitrogens is 1. The van der Waals surface area contributed by atoms with Gasteiger partial charge in [-0.25, -0.2) is 4.79 Å². The van der Waals surface area contributed by atoms with Gasteiger partial charge in [0.05, 0.1) is 0 Å². The van der Waals surface area contributed by atoms with Gasteiger partial charge in [-0.3, -0.25) is 9.59 Å². The van der Waals surface area contributed by atoms with Crippen molar-refractivity contribution in [1.82, 2.24) is 9.88 Å². The van der Waals surface area contributed by atoms with E-state index in [2.05, 4.69) is 4.98 Å². The second kappa shape index (κ2) is 7.00. The average Bonchev–Trinajstić information content (AvgIpc) is 3.31. The summed E-state index contributed by atoms with van der Waals surface area (Å²) in [6, 6.07) is 5.02. The number of nitrogens with zero attached hydrogens (tertiary/aromatic N) is 1. The van der Waals surface area contributed by atoms with E-state index >= 15 is 0 Å². The minimum absolute atomic E-state index is 0.0994. The monoisotopic (exact) mass is 346 g/mol. The lowest BCUT2D eigenvalue weighted by atomic mass is 10.2. The molecule has 1 aliphatic rings. The Bertz CT molecular complexity index is 771. The Kier molecular flexibility index (Phi) is 4.80. The largest absolute Gasteiger partial charge is 0.453 e. The third kappa shape index (κ3) is 3.56. The van der Waals surface area contributed by atoms with Crippen LogP contribution in [0.5, 0.6) is 0 Å². The fourth-order valence-electron chi connectivity index (χ4n) is 2.60. The number of carbonyl (C=O) groups excluding carboxylic acids is 3. The number of hydrogen-bond donors (Lipinski definition) is 1. The first-order chi connectivity index (χ1) is 11.5. The van der Waals surface area contributed by atoms with Gasteiger partial charge in [0.25, 0.3) is 5.91 Å². The maximum atomic E-state index is 12.2. The van der Waals surface area contributed by atoms with Crippen LogP contribution in [0, 0.1) is 6.92 Å². The molecule has 1 amide bonds. The lowest BCUT2D eigenvalue weighted by Gasteiger charge is -2.13. The molecule has 3 rings (SSSR count). The van der Waals surface area contributed by atoms with Gasteiger partial charge in [-0.15, -0.1) is 11.3 Å². The number of hydrogen-bond acceptors (Lipinski definition) is 5. The Morgan fingerprint density at radius 2 is 2.00 bits per heavy atom. The third-order valence-corrected chi connectivity index (χ3v) is 4.89. The predicted molar refractivity (Wildman–Crippen MR) is 89.6 cm³/mol. The van der Waals surface area contributed by atoms with Crippen molar-refractivity contribution in [2.45, 2.75) is 19.8 Å². The third-order valence-electron chi connectivity index (χ3n) is 3.90. The van der Waals surface area contributed by atoms with E-state index in [0.29, 0.717) is 16.1 Å². The molecule has 1 aliphatic heterocycles. The van der Waals surface area contributed by atoms with E-state index in [9.17, 15) is 14.4 Å². The number of ketones is 1. The van der Waals surface area contributed by atoms with Crippen molar-refractivity contribution in [3.63, 3.8) is 0 Å². The summed E-state index contributed by atoms with van der Waals surface area (Å²) in [7, 11) is 0. The summed E-state index contributed by atoms with van der Waals surface area (Å²) in [6.07, 6.45) is 3.50. The molecular weight excluding hydrogens is 328 g/mol. The topological polar surface area (TPSA) is 79.5 Å². The molecule has 0 spiro atoms. The van der Waals surface area contributed by atoms with Gasteiger partial charge in [0.2, 0.25) is 5.78 Å². The fourth-order valence-corrected chi connectivity index (χ4v) is 3.36. The number of aryl methyl sites for hydroxylation is 1.